The van der Waals surface area contributed by atoms with Crippen molar-refractivity contribution in [2.75, 3.05) is 18.5 Å². The van der Waals surface area contributed by atoms with E-state index in [0.29, 0.717) is 0 Å². The molecule has 0 spiro atoms. The molecule has 1 aromatic carbocycles. The van der Waals surface area contributed by atoms with Crippen LogP contribution in [0.1, 0.15) is 12.0 Å². The number of hydrogen-bond donors (Lipinski definition) is 0. The monoisotopic (exact) mass is 164 g/mol. The van der Waals surface area contributed by atoms with Crippen LogP contribution in [-0.4, -0.2) is 13.6 Å². The molecule has 0 saturated carbocycles. The quantitative estimate of drug-likeness (QED) is 0.567. The van der Waals surface area contributed by atoms with E-state index in [1.54, 1.807) is 0 Å². The molecular formula is C10H11FN. The van der Waals surface area contributed by atoms with Crippen molar-refractivity contribution in [3.05, 3.63) is 29.6 Å². The van der Waals surface area contributed by atoms with Crippen LogP contribution in [0.15, 0.2) is 12.1 Å². The van der Waals surface area contributed by atoms with E-state index in [1.165, 1.54) is 11.6 Å². The number of halogens is 1. The maximum atomic E-state index is 12.8. The van der Waals surface area contributed by atoms with Crippen LogP contribution < -0.4 is 4.90 Å². The Morgan fingerprint density at radius 3 is 3.17 bits per heavy atom. The fourth-order valence-electron chi connectivity index (χ4n) is 1.65. The van der Waals surface area contributed by atoms with Gasteiger partial charge in [-0.05, 0) is 24.5 Å². The van der Waals surface area contributed by atoms with Gasteiger partial charge in [0.1, 0.15) is 5.82 Å². The summed E-state index contributed by atoms with van der Waals surface area (Å²) in [6, 6.07) is 6.08. The van der Waals surface area contributed by atoms with Crippen molar-refractivity contribution in [3.63, 3.8) is 0 Å². The summed E-state index contributed by atoms with van der Waals surface area (Å²) in [7, 11) is 1.98. The Morgan fingerprint density at radius 2 is 2.33 bits per heavy atom. The second-order valence-corrected chi connectivity index (χ2v) is 3.21. The van der Waals surface area contributed by atoms with Crippen LogP contribution in [0.3, 0.4) is 0 Å². The van der Waals surface area contributed by atoms with Gasteiger partial charge >= 0.3 is 0 Å². The van der Waals surface area contributed by atoms with Crippen molar-refractivity contribution in [2.45, 2.75) is 12.8 Å². The number of nitrogens with zero attached hydrogens (tertiary/aromatic N) is 1. The van der Waals surface area contributed by atoms with Crippen LogP contribution in [0.5, 0.6) is 0 Å². The average Bonchev–Trinajstić information content (AvgIpc) is 2.07. The highest BCUT2D eigenvalue weighted by Gasteiger charge is 2.13. The van der Waals surface area contributed by atoms with Gasteiger partial charge in [0, 0.05) is 19.7 Å². The number of fused-ring (bicyclic) bond motifs is 1. The SMILES string of the molecule is CN1CCCc2ccc(F)[c]c21. The topological polar surface area (TPSA) is 3.24 Å². The number of rotatable bonds is 0. The van der Waals surface area contributed by atoms with Crippen molar-refractivity contribution in [2.24, 2.45) is 0 Å². The molecule has 0 aliphatic carbocycles. The molecule has 1 radical (unpaired) electrons. The van der Waals surface area contributed by atoms with Gasteiger partial charge in [-0.25, -0.2) is 4.39 Å². The first-order valence-corrected chi connectivity index (χ1v) is 4.19. The maximum Gasteiger partial charge on any atom is 0.133 e. The fraction of sp³-hybridized carbons (Fsp3) is 0.400. The highest BCUT2D eigenvalue weighted by molar-refractivity contribution is 5.53. The van der Waals surface area contributed by atoms with Crippen LogP contribution in [0, 0.1) is 11.9 Å². The Hall–Kier alpha value is -1.05. The van der Waals surface area contributed by atoms with Crippen LogP contribution in [0.25, 0.3) is 0 Å². The molecule has 0 unspecified atom stereocenters. The molecule has 1 nitrogen and oxygen atoms in total. The minimum Gasteiger partial charge on any atom is -0.374 e. The maximum absolute atomic E-state index is 12.8. The Bertz CT molecular complexity index is 296. The van der Waals surface area contributed by atoms with E-state index in [0.717, 1.165) is 25.1 Å². The molecule has 1 heterocycles. The third-order valence-electron chi connectivity index (χ3n) is 2.29. The van der Waals surface area contributed by atoms with Crippen LogP contribution in [0.2, 0.25) is 0 Å². The molecule has 0 atom stereocenters. The van der Waals surface area contributed by atoms with Gasteiger partial charge in [0.25, 0.3) is 0 Å². The average molecular weight is 164 g/mol. The molecule has 0 N–H and O–H groups in total. The van der Waals surface area contributed by atoms with Crippen molar-refractivity contribution >= 4 is 5.69 Å². The predicted octanol–water partition coefficient (Wildman–Crippen LogP) is 2.01. The van der Waals surface area contributed by atoms with Crippen molar-refractivity contribution in [1.82, 2.24) is 0 Å². The zero-order chi connectivity index (χ0) is 8.55. The van der Waals surface area contributed by atoms with Crippen molar-refractivity contribution in [1.29, 1.82) is 0 Å². The third kappa shape index (κ3) is 1.17. The lowest BCUT2D eigenvalue weighted by atomic mass is 10.0. The number of hydrogen-bond acceptors (Lipinski definition) is 1. The summed E-state index contributed by atoms with van der Waals surface area (Å²) in [6.45, 7) is 1.01. The van der Waals surface area contributed by atoms with Crippen LogP contribution in [-0.2, 0) is 6.42 Å². The second kappa shape index (κ2) is 2.77. The van der Waals surface area contributed by atoms with Crippen LogP contribution >= 0.6 is 0 Å². The molecule has 1 aliphatic rings. The minimum absolute atomic E-state index is 0.262. The molecule has 0 bridgehead atoms. The summed E-state index contributed by atoms with van der Waals surface area (Å²) in [4.78, 5) is 2.06. The molecule has 0 fully saturated rings. The first-order valence-electron chi connectivity index (χ1n) is 4.19. The zero-order valence-corrected chi connectivity index (χ0v) is 7.10. The van der Waals surface area contributed by atoms with Gasteiger partial charge in [-0.3, -0.25) is 0 Å². The van der Waals surface area contributed by atoms with E-state index in [-0.39, 0.29) is 5.82 Å². The zero-order valence-electron chi connectivity index (χ0n) is 7.10. The first kappa shape index (κ1) is 7.59. The second-order valence-electron chi connectivity index (χ2n) is 3.21. The molecule has 2 rings (SSSR count). The van der Waals surface area contributed by atoms with E-state index in [9.17, 15) is 4.39 Å². The Labute approximate surface area is 71.8 Å². The van der Waals surface area contributed by atoms with Crippen molar-refractivity contribution < 1.29 is 4.39 Å². The molecular weight excluding hydrogens is 153 g/mol. The molecule has 2 heteroatoms. The van der Waals surface area contributed by atoms with Gasteiger partial charge in [-0.2, -0.15) is 0 Å². The van der Waals surface area contributed by atoms with Gasteiger partial charge in [0.2, 0.25) is 0 Å². The summed E-state index contributed by atoms with van der Waals surface area (Å²) in [5.74, 6) is -0.262. The number of anilines is 1. The van der Waals surface area contributed by atoms with Crippen molar-refractivity contribution in [3.8, 4) is 0 Å². The predicted molar refractivity (Wildman–Crippen MR) is 46.8 cm³/mol. The minimum atomic E-state index is -0.262. The van der Waals surface area contributed by atoms with E-state index in [4.69, 9.17) is 0 Å². The highest BCUT2D eigenvalue weighted by Crippen LogP contribution is 2.25. The Kier molecular flexibility index (Phi) is 1.75. The van der Waals surface area contributed by atoms with Gasteiger partial charge in [-0.1, -0.05) is 6.07 Å². The highest BCUT2D eigenvalue weighted by atomic mass is 19.1. The molecule has 12 heavy (non-hydrogen) atoms. The smallest absolute Gasteiger partial charge is 0.133 e. The lowest BCUT2D eigenvalue weighted by molar-refractivity contribution is 0.620. The molecule has 1 aliphatic heterocycles. The standard InChI is InChI=1S/C10H11FN/c1-12-6-2-3-8-4-5-9(11)7-10(8)12/h4-5H,2-3,6H2,1H3. The summed E-state index contributed by atoms with van der Waals surface area (Å²) >= 11 is 0. The van der Waals surface area contributed by atoms with E-state index in [2.05, 4.69) is 11.0 Å². The van der Waals surface area contributed by atoms with Gasteiger partial charge in [-0.15, -0.1) is 0 Å². The van der Waals surface area contributed by atoms with Crippen LogP contribution in [0.4, 0.5) is 10.1 Å². The van der Waals surface area contributed by atoms with E-state index in [1.807, 2.05) is 13.1 Å². The lowest BCUT2D eigenvalue weighted by Gasteiger charge is -2.26. The molecule has 0 saturated heterocycles. The first-order chi connectivity index (χ1) is 5.77. The van der Waals surface area contributed by atoms with E-state index >= 15 is 0 Å². The van der Waals surface area contributed by atoms with Gasteiger partial charge < -0.3 is 4.90 Å². The Balaban J connectivity index is 2.47. The fourth-order valence-corrected chi connectivity index (χ4v) is 1.65. The summed E-state index contributed by atoms with van der Waals surface area (Å²) in [5.41, 5.74) is 2.14. The Morgan fingerprint density at radius 1 is 1.50 bits per heavy atom. The third-order valence-corrected chi connectivity index (χ3v) is 2.29. The molecule has 0 aromatic heterocycles. The number of aryl methyl sites for hydroxylation is 1. The van der Waals surface area contributed by atoms with Gasteiger partial charge in [0.15, 0.2) is 0 Å². The summed E-state index contributed by atoms with van der Waals surface area (Å²) in [6.07, 6.45) is 2.21. The normalized spacial score (nSPS) is 16.0. The lowest BCUT2D eigenvalue weighted by Crippen LogP contribution is -2.24. The largest absolute Gasteiger partial charge is 0.374 e. The molecule has 0 amide bonds. The molecule has 1 aromatic rings. The van der Waals surface area contributed by atoms with E-state index < -0.39 is 0 Å². The van der Waals surface area contributed by atoms with Gasteiger partial charge in [0.05, 0.1) is 5.69 Å². The summed E-state index contributed by atoms with van der Waals surface area (Å²) in [5, 5.41) is 0. The number of benzene rings is 1. The summed E-state index contributed by atoms with van der Waals surface area (Å²) < 4.78 is 12.8. The molecule has 63 valence electrons.